The molecule has 8 heteroatoms. The molecule has 2 rings (SSSR count). The highest BCUT2D eigenvalue weighted by Gasteiger charge is 2.30. The van der Waals surface area contributed by atoms with Gasteiger partial charge in [0.1, 0.15) is 17.1 Å². The molecule has 1 heterocycles. The maximum absolute atomic E-state index is 12.8. The van der Waals surface area contributed by atoms with Gasteiger partial charge in [-0.05, 0) is 30.5 Å². The van der Waals surface area contributed by atoms with Crippen LogP contribution in [0.1, 0.15) is 52.3 Å². The minimum absolute atomic E-state index is 0.00225. The van der Waals surface area contributed by atoms with Crippen molar-refractivity contribution in [2.75, 3.05) is 0 Å². The first-order chi connectivity index (χ1) is 12.1. The Labute approximate surface area is 147 Å². The highest BCUT2D eigenvalue weighted by atomic mass is 19.4. The predicted octanol–water partition coefficient (Wildman–Crippen LogP) is 4.12. The number of hydrogen-bond acceptors (Lipinski definition) is 3. The summed E-state index contributed by atoms with van der Waals surface area (Å²) in [6.45, 7) is 3.17. The summed E-state index contributed by atoms with van der Waals surface area (Å²) >= 11 is 0. The van der Waals surface area contributed by atoms with Gasteiger partial charge in [0.2, 0.25) is 5.91 Å². The molecule has 0 saturated carbocycles. The lowest BCUT2D eigenvalue weighted by molar-refractivity contribution is -0.137. The molecule has 1 aromatic carbocycles. The molecule has 0 bridgehead atoms. The van der Waals surface area contributed by atoms with E-state index in [-0.39, 0.29) is 30.2 Å². The number of carbonyl (C=O) groups excluding carboxylic acids is 1. The second kappa shape index (κ2) is 7.63. The van der Waals surface area contributed by atoms with Crippen molar-refractivity contribution < 1.29 is 32.3 Å². The first-order valence-corrected chi connectivity index (χ1v) is 7.84. The van der Waals surface area contributed by atoms with Gasteiger partial charge in [0, 0.05) is 6.42 Å². The molecule has 0 saturated heterocycles. The average Bonchev–Trinajstić information content (AvgIpc) is 2.93. The second-order valence-corrected chi connectivity index (χ2v) is 5.99. The predicted molar refractivity (Wildman–Crippen MR) is 86.7 cm³/mol. The van der Waals surface area contributed by atoms with Crippen LogP contribution in [0, 0.1) is 6.92 Å². The zero-order valence-electron chi connectivity index (χ0n) is 14.2. The minimum Gasteiger partial charge on any atom is -0.478 e. The van der Waals surface area contributed by atoms with Crippen molar-refractivity contribution in [3.63, 3.8) is 0 Å². The third kappa shape index (κ3) is 4.87. The van der Waals surface area contributed by atoms with Crippen molar-refractivity contribution in [2.45, 2.75) is 38.9 Å². The molecule has 26 heavy (non-hydrogen) atoms. The van der Waals surface area contributed by atoms with E-state index in [4.69, 9.17) is 9.52 Å². The Morgan fingerprint density at radius 1 is 1.27 bits per heavy atom. The molecule has 0 fully saturated rings. The molecule has 0 aliphatic carbocycles. The lowest BCUT2D eigenvalue weighted by Crippen LogP contribution is -2.24. The zero-order chi connectivity index (χ0) is 19.5. The van der Waals surface area contributed by atoms with Gasteiger partial charge >= 0.3 is 12.1 Å². The third-order valence-corrected chi connectivity index (χ3v) is 3.93. The normalized spacial score (nSPS) is 12.7. The molecule has 2 N–H and O–H groups in total. The van der Waals surface area contributed by atoms with Crippen LogP contribution in [0.25, 0.3) is 0 Å². The number of amides is 1. The molecular weight excluding hydrogens is 351 g/mol. The van der Waals surface area contributed by atoms with Gasteiger partial charge in [-0.1, -0.05) is 25.1 Å². The number of nitrogens with one attached hydrogen (secondary N) is 1. The number of carbonyl (C=O) groups is 2. The van der Waals surface area contributed by atoms with Gasteiger partial charge in [-0.2, -0.15) is 13.2 Å². The fraction of sp³-hybridized carbons (Fsp3) is 0.333. The summed E-state index contributed by atoms with van der Waals surface area (Å²) in [5.41, 5.74) is -0.321. The average molecular weight is 369 g/mol. The molecule has 5 nitrogen and oxygen atoms in total. The van der Waals surface area contributed by atoms with Gasteiger partial charge in [0.05, 0.1) is 12.1 Å². The van der Waals surface area contributed by atoms with E-state index in [0.29, 0.717) is 11.3 Å². The molecule has 0 aliphatic rings. The number of rotatable bonds is 6. The molecule has 140 valence electrons. The number of carboxylic acid groups (broad SMARTS) is 1. The first kappa shape index (κ1) is 19.6. The Balaban J connectivity index is 1.95. The van der Waals surface area contributed by atoms with Crippen LogP contribution < -0.4 is 5.32 Å². The summed E-state index contributed by atoms with van der Waals surface area (Å²) in [5, 5.41) is 11.5. The Hall–Kier alpha value is -2.77. The molecule has 0 spiro atoms. The number of aryl methyl sites for hydroxylation is 1. The van der Waals surface area contributed by atoms with E-state index < -0.39 is 23.6 Å². The number of aromatic carboxylic acids is 1. The van der Waals surface area contributed by atoms with Crippen molar-refractivity contribution in [3.05, 3.63) is 58.5 Å². The number of alkyl halides is 3. The Bertz CT molecular complexity index is 811. The molecule has 1 amide bonds. The molecule has 0 radical (unpaired) electrons. The summed E-state index contributed by atoms with van der Waals surface area (Å²) < 4.78 is 43.5. The van der Waals surface area contributed by atoms with Gasteiger partial charge < -0.3 is 14.8 Å². The van der Waals surface area contributed by atoms with Crippen LogP contribution >= 0.6 is 0 Å². The number of hydrogen-bond donors (Lipinski definition) is 2. The quantitative estimate of drug-likeness (QED) is 0.803. The van der Waals surface area contributed by atoms with E-state index in [9.17, 15) is 22.8 Å². The second-order valence-electron chi connectivity index (χ2n) is 5.99. The van der Waals surface area contributed by atoms with Crippen LogP contribution in [-0.4, -0.2) is 17.0 Å². The standard InChI is InChI=1S/C18H18F3NO4/c1-10(12-4-3-5-13(7-12)18(19,20)21)6-16(23)22-9-14-8-15(17(24)25)11(2)26-14/h3-5,7-8,10H,6,9H2,1-2H3,(H,22,23)(H,24,25). The summed E-state index contributed by atoms with van der Waals surface area (Å²) in [7, 11) is 0. The van der Waals surface area contributed by atoms with Crippen LogP contribution in [0.2, 0.25) is 0 Å². The fourth-order valence-corrected chi connectivity index (χ4v) is 2.52. The van der Waals surface area contributed by atoms with Crippen molar-refractivity contribution in [1.29, 1.82) is 0 Å². The topological polar surface area (TPSA) is 79.5 Å². The highest BCUT2D eigenvalue weighted by molar-refractivity contribution is 5.88. The van der Waals surface area contributed by atoms with Gasteiger partial charge in [0.25, 0.3) is 0 Å². The maximum Gasteiger partial charge on any atom is 0.416 e. The lowest BCUT2D eigenvalue weighted by atomic mass is 9.95. The van der Waals surface area contributed by atoms with Crippen LogP contribution in [0.5, 0.6) is 0 Å². The molecule has 1 unspecified atom stereocenters. The van der Waals surface area contributed by atoms with Crippen molar-refractivity contribution in [2.24, 2.45) is 0 Å². The number of benzene rings is 1. The van der Waals surface area contributed by atoms with Crippen LogP contribution in [0.15, 0.2) is 34.7 Å². The zero-order valence-corrected chi connectivity index (χ0v) is 14.2. The summed E-state index contributed by atoms with van der Waals surface area (Å²) in [6.07, 6.45) is -4.44. The summed E-state index contributed by atoms with van der Waals surface area (Å²) in [6, 6.07) is 6.20. The largest absolute Gasteiger partial charge is 0.478 e. The van der Waals surface area contributed by atoms with Gasteiger partial charge in [-0.3, -0.25) is 4.79 Å². The van der Waals surface area contributed by atoms with Gasteiger partial charge in [0.15, 0.2) is 0 Å². The van der Waals surface area contributed by atoms with Gasteiger partial charge in [-0.25, -0.2) is 4.79 Å². The van der Waals surface area contributed by atoms with E-state index >= 15 is 0 Å². The third-order valence-electron chi connectivity index (χ3n) is 3.93. The Morgan fingerprint density at radius 3 is 2.54 bits per heavy atom. The SMILES string of the molecule is Cc1oc(CNC(=O)CC(C)c2cccc(C(F)(F)F)c2)cc1C(=O)O. The first-order valence-electron chi connectivity index (χ1n) is 7.84. The molecule has 2 aromatic rings. The van der Waals surface area contributed by atoms with Gasteiger partial charge in [-0.15, -0.1) is 0 Å². The number of furan rings is 1. The van der Waals surface area contributed by atoms with Crippen LogP contribution in [-0.2, 0) is 17.5 Å². The monoisotopic (exact) mass is 369 g/mol. The lowest BCUT2D eigenvalue weighted by Gasteiger charge is -2.14. The van der Waals surface area contributed by atoms with E-state index in [1.165, 1.54) is 19.1 Å². The van der Waals surface area contributed by atoms with Crippen LogP contribution in [0.4, 0.5) is 13.2 Å². The smallest absolute Gasteiger partial charge is 0.416 e. The molecule has 0 aliphatic heterocycles. The number of carboxylic acids is 1. The highest BCUT2D eigenvalue weighted by Crippen LogP contribution is 2.31. The Kier molecular flexibility index (Phi) is 5.74. The number of halogens is 3. The van der Waals surface area contributed by atoms with E-state index in [1.54, 1.807) is 13.0 Å². The molecule has 1 aromatic heterocycles. The Morgan fingerprint density at radius 2 is 1.96 bits per heavy atom. The van der Waals surface area contributed by atoms with E-state index in [0.717, 1.165) is 12.1 Å². The van der Waals surface area contributed by atoms with E-state index in [1.807, 2.05) is 0 Å². The fourth-order valence-electron chi connectivity index (χ4n) is 2.52. The summed E-state index contributed by atoms with van der Waals surface area (Å²) in [5.74, 6) is -1.38. The minimum atomic E-state index is -4.43. The maximum atomic E-state index is 12.8. The van der Waals surface area contributed by atoms with Crippen molar-refractivity contribution in [1.82, 2.24) is 5.32 Å². The molecule has 1 atom stereocenters. The van der Waals surface area contributed by atoms with Crippen molar-refractivity contribution >= 4 is 11.9 Å². The van der Waals surface area contributed by atoms with Crippen LogP contribution in [0.3, 0.4) is 0 Å². The molecular formula is C18H18F3NO4. The summed E-state index contributed by atoms with van der Waals surface area (Å²) in [4.78, 5) is 23.0. The van der Waals surface area contributed by atoms with Crippen molar-refractivity contribution in [3.8, 4) is 0 Å². The van der Waals surface area contributed by atoms with E-state index in [2.05, 4.69) is 5.32 Å².